The number of ether oxygens (including phenoxy) is 2. The van der Waals surface area contributed by atoms with E-state index in [2.05, 4.69) is 15.0 Å². The van der Waals surface area contributed by atoms with Crippen LogP contribution in [-0.4, -0.2) is 18.1 Å². The molecular formula is C25H12Cl2F5N3O3. The SMILES string of the molecule is COc1ccc(CNc2c(C(=O)Oc3c(F)c(F)c(F)c(F)c3F)c(Cl)nc3ccc(C#N)cc23)cc1Cl. The molecule has 194 valence electrons. The number of benzene rings is 3. The number of esters is 1. The summed E-state index contributed by atoms with van der Waals surface area (Å²) in [5, 5.41) is 12.2. The third-order valence-electron chi connectivity index (χ3n) is 5.32. The normalized spacial score (nSPS) is 10.8. The standard InChI is InChI=1S/C25H12Cl2F5N3O3/c1-37-15-5-3-11(7-13(15)26)9-34-22-12-6-10(8-33)2-4-14(12)35-24(27)16(22)25(36)38-23-20(31)18(29)17(28)19(30)21(23)32/h2-7H,9H2,1H3,(H,34,35). The Labute approximate surface area is 221 Å². The summed E-state index contributed by atoms with van der Waals surface area (Å²) < 4.78 is 78.8. The number of hydrogen-bond donors (Lipinski definition) is 1. The van der Waals surface area contributed by atoms with Crippen molar-refractivity contribution in [3.05, 3.63) is 92.4 Å². The number of carbonyl (C=O) groups excluding carboxylic acids is 1. The van der Waals surface area contributed by atoms with E-state index in [1.54, 1.807) is 18.2 Å². The Kier molecular flexibility index (Phi) is 7.57. The highest BCUT2D eigenvalue weighted by molar-refractivity contribution is 6.34. The van der Waals surface area contributed by atoms with Crippen LogP contribution in [0.15, 0.2) is 36.4 Å². The van der Waals surface area contributed by atoms with Gasteiger partial charge < -0.3 is 14.8 Å². The summed E-state index contributed by atoms with van der Waals surface area (Å²) in [6, 6.07) is 11.0. The fourth-order valence-corrected chi connectivity index (χ4v) is 4.04. The molecule has 1 N–H and O–H groups in total. The highest BCUT2D eigenvalue weighted by atomic mass is 35.5. The highest BCUT2D eigenvalue weighted by Gasteiger charge is 2.31. The molecule has 4 aromatic rings. The van der Waals surface area contributed by atoms with E-state index < -0.39 is 51.5 Å². The molecule has 0 unspecified atom stereocenters. The van der Waals surface area contributed by atoms with Gasteiger partial charge in [-0.3, -0.25) is 0 Å². The van der Waals surface area contributed by atoms with Crippen molar-refractivity contribution in [2.75, 3.05) is 12.4 Å². The van der Waals surface area contributed by atoms with E-state index in [0.717, 1.165) is 0 Å². The third-order valence-corrected chi connectivity index (χ3v) is 5.89. The fraction of sp³-hybridized carbons (Fsp3) is 0.0800. The Balaban J connectivity index is 1.83. The molecule has 38 heavy (non-hydrogen) atoms. The molecule has 0 bridgehead atoms. The number of aromatic nitrogens is 1. The molecule has 0 saturated carbocycles. The minimum atomic E-state index is -2.42. The first-order chi connectivity index (χ1) is 18.1. The van der Waals surface area contributed by atoms with Crippen LogP contribution in [0.25, 0.3) is 10.9 Å². The molecule has 0 saturated heterocycles. The molecule has 1 heterocycles. The Morgan fingerprint density at radius 3 is 2.26 bits per heavy atom. The Hall–Kier alpha value is -4.14. The van der Waals surface area contributed by atoms with Gasteiger partial charge in [-0.05, 0) is 35.9 Å². The molecule has 0 amide bonds. The number of anilines is 1. The Morgan fingerprint density at radius 1 is 1.00 bits per heavy atom. The summed E-state index contributed by atoms with van der Waals surface area (Å²) in [6.45, 7) is -0.00125. The van der Waals surface area contributed by atoms with Gasteiger partial charge in [0.2, 0.25) is 34.8 Å². The van der Waals surface area contributed by atoms with Gasteiger partial charge >= 0.3 is 5.97 Å². The van der Waals surface area contributed by atoms with E-state index in [4.69, 9.17) is 27.9 Å². The van der Waals surface area contributed by atoms with Crippen LogP contribution in [0.3, 0.4) is 0 Å². The lowest BCUT2D eigenvalue weighted by atomic mass is 10.1. The summed E-state index contributed by atoms with van der Waals surface area (Å²) in [6.07, 6.45) is 0. The summed E-state index contributed by atoms with van der Waals surface area (Å²) in [4.78, 5) is 17.1. The van der Waals surface area contributed by atoms with Crippen molar-refractivity contribution >= 4 is 45.8 Å². The smallest absolute Gasteiger partial charge is 0.349 e. The van der Waals surface area contributed by atoms with Crippen molar-refractivity contribution in [1.82, 2.24) is 4.98 Å². The lowest BCUT2D eigenvalue weighted by Gasteiger charge is -2.17. The van der Waals surface area contributed by atoms with E-state index in [9.17, 15) is 32.0 Å². The maximum Gasteiger partial charge on any atom is 0.349 e. The van der Waals surface area contributed by atoms with Crippen molar-refractivity contribution in [3.8, 4) is 17.6 Å². The van der Waals surface area contributed by atoms with Crippen LogP contribution < -0.4 is 14.8 Å². The number of nitrogens with zero attached hydrogens (tertiary/aromatic N) is 2. The zero-order chi connectivity index (χ0) is 27.7. The number of methoxy groups -OCH3 is 1. The largest absolute Gasteiger partial charge is 0.495 e. The summed E-state index contributed by atoms with van der Waals surface area (Å²) >= 11 is 12.4. The quantitative estimate of drug-likeness (QED) is 0.0677. The van der Waals surface area contributed by atoms with Crippen LogP contribution in [0.1, 0.15) is 21.5 Å². The predicted molar refractivity (Wildman–Crippen MR) is 128 cm³/mol. The second kappa shape index (κ2) is 10.7. The molecule has 0 atom stereocenters. The molecule has 0 fully saturated rings. The summed E-state index contributed by atoms with van der Waals surface area (Å²) in [7, 11) is 1.43. The van der Waals surface area contributed by atoms with E-state index in [-0.39, 0.29) is 33.7 Å². The van der Waals surface area contributed by atoms with Crippen LogP contribution in [0, 0.1) is 40.4 Å². The van der Waals surface area contributed by atoms with Gasteiger partial charge in [0.25, 0.3) is 0 Å². The van der Waals surface area contributed by atoms with Gasteiger partial charge in [-0.1, -0.05) is 29.3 Å². The molecule has 3 aromatic carbocycles. The monoisotopic (exact) mass is 567 g/mol. The second-order valence-electron chi connectivity index (χ2n) is 7.61. The van der Waals surface area contributed by atoms with E-state index in [1.165, 1.54) is 25.3 Å². The molecule has 0 radical (unpaired) electrons. The van der Waals surface area contributed by atoms with Crippen LogP contribution in [0.5, 0.6) is 11.5 Å². The molecule has 0 spiro atoms. The van der Waals surface area contributed by atoms with Crippen molar-refractivity contribution < 1.29 is 36.2 Å². The number of nitriles is 1. The number of hydrogen-bond acceptors (Lipinski definition) is 6. The van der Waals surface area contributed by atoms with Crippen LogP contribution in [-0.2, 0) is 6.54 Å². The van der Waals surface area contributed by atoms with Crippen molar-refractivity contribution in [2.24, 2.45) is 0 Å². The van der Waals surface area contributed by atoms with Crippen molar-refractivity contribution in [2.45, 2.75) is 6.54 Å². The van der Waals surface area contributed by atoms with Crippen molar-refractivity contribution in [1.29, 1.82) is 5.26 Å². The fourth-order valence-electron chi connectivity index (χ4n) is 3.50. The van der Waals surface area contributed by atoms with Gasteiger partial charge in [-0.2, -0.15) is 14.0 Å². The van der Waals surface area contributed by atoms with Crippen LogP contribution in [0.2, 0.25) is 10.2 Å². The molecule has 0 aliphatic carbocycles. The zero-order valence-corrected chi connectivity index (χ0v) is 20.4. The zero-order valence-electron chi connectivity index (χ0n) is 18.9. The average Bonchev–Trinajstić information content (AvgIpc) is 2.91. The minimum Gasteiger partial charge on any atom is -0.495 e. The molecule has 4 rings (SSSR count). The van der Waals surface area contributed by atoms with Gasteiger partial charge in [0.15, 0.2) is 0 Å². The first kappa shape index (κ1) is 26.9. The predicted octanol–water partition coefficient (Wildman–Crippen LogP) is 6.95. The molecule has 1 aromatic heterocycles. The number of carbonyl (C=O) groups is 1. The molecule has 13 heteroatoms. The Morgan fingerprint density at radius 2 is 1.66 bits per heavy atom. The minimum absolute atomic E-state index is 0.00125. The van der Waals surface area contributed by atoms with Gasteiger partial charge in [0, 0.05) is 11.9 Å². The maximum absolute atomic E-state index is 14.2. The van der Waals surface area contributed by atoms with E-state index >= 15 is 0 Å². The number of rotatable bonds is 6. The van der Waals surface area contributed by atoms with Crippen LogP contribution in [0.4, 0.5) is 27.6 Å². The molecule has 0 aliphatic heterocycles. The first-order valence-corrected chi connectivity index (χ1v) is 11.2. The second-order valence-corrected chi connectivity index (χ2v) is 8.37. The number of halogens is 7. The van der Waals surface area contributed by atoms with Gasteiger partial charge in [0.1, 0.15) is 16.5 Å². The van der Waals surface area contributed by atoms with Gasteiger partial charge in [-0.15, -0.1) is 0 Å². The third kappa shape index (κ3) is 4.88. The van der Waals surface area contributed by atoms with Crippen molar-refractivity contribution in [3.63, 3.8) is 0 Å². The first-order valence-electron chi connectivity index (χ1n) is 10.4. The van der Waals surface area contributed by atoms with Crippen LogP contribution >= 0.6 is 23.2 Å². The topological polar surface area (TPSA) is 84.2 Å². The average molecular weight is 568 g/mol. The lowest BCUT2D eigenvalue weighted by Crippen LogP contribution is -2.17. The summed E-state index contributed by atoms with van der Waals surface area (Å²) in [5.41, 5.74) is 0.302. The van der Waals surface area contributed by atoms with Gasteiger partial charge in [0.05, 0.1) is 35.0 Å². The molecule has 6 nitrogen and oxygen atoms in total. The molecular weight excluding hydrogens is 556 g/mol. The number of fused-ring (bicyclic) bond motifs is 1. The highest BCUT2D eigenvalue weighted by Crippen LogP contribution is 2.36. The molecule has 0 aliphatic rings. The Bertz CT molecular complexity index is 1630. The lowest BCUT2D eigenvalue weighted by molar-refractivity contribution is 0.0717. The van der Waals surface area contributed by atoms with E-state index in [1.807, 2.05) is 6.07 Å². The number of nitrogens with one attached hydrogen (secondary N) is 1. The van der Waals surface area contributed by atoms with E-state index in [0.29, 0.717) is 11.3 Å². The maximum atomic E-state index is 14.2. The van der Waals surface area contributed by atoms with Gasteiger partial charge in [-0.25, -0.2) is 22.9 Å². The number of pyridine rings is 1. The summed E-state index contributed by atoms with van der Waals surface area (Å²) in [5.74, 6) is -14.7.